The molecule has 2 heterocycles. The SMILES string of the molecule is Cc1csc(C(O)(CC(=O)NC(C)c2ccc(-n3cncn3)cc2)C(F)(F)F)n1. The van der Waals surface area contributed by atoms with Gasteiger partial charge in [0.15, 0.2) is 0 Å². The summed E-state index contributed by atoms with van der Waals surface area (Å²) in [5.41, 5.74) is -1.57. The number of nitrogens with one attached hydrogen (secondary N) is 1. The van der Waals surface area contributed by atoms with Crippen LogP contribution in [-0.4, -0.2) is 36.9 Å². The van der Waals surface area contributed by atoms with Gasteiger partial charge >= 0.3 is 6.18 Å². The molecule has 0 fully saturated rings. The summed E-state index contributed by atoms with van der Waals surface area (Å²) in [5.74, 6) is -0.939. The molecule has 1 aromatic carbocycles. The number of hydrogen-bond donors (Lipinski definition) is 2. The zero-order chi connectivity index (χ0) is 21.2. The number of rotatable bonds is 6. The Morgan fingerprint density at radius 3 is 2.52 bits per heavy atom. The highest BCUT2D eigenvalue weighted by molar-refractivity contribution is 7.09. The minimum Gasteiger partial charge on any atom is -0.374 e. The van der Waals surface area contributed by atoms with Gasteiger partial charge in [-0.3, -0.25) is 4.79 Å². The molecule has 29 heavy (non-hydrogen) atoms. The van der Waals surface area contributed by atoms with Crippen LogP contribution >= 0.6 is 11.3 Å². The summed E-state index contributed by atoms with van der Waals surface area (Å²) in [6, 6.07) is 6.38. The standard InChI is InChI=1S/C18H18F3N5O2S/c1-11-8-29-16(24-11)17(28,18(19,20)21)7-15(27)25-12(2)13-3-5-14(6-4-13)26-10-22-9-23-26/h3-6,8-10,12,28H,7H2,1-2H3,(H,25,27). The first-order chi connectivity index (χ1) is 13.6. The van der Waals surface area contributed by atoms with Crippen molar-refractivity contribution >= 4 is 17.2 Å². The van der Waals surface area contributed by atoms with E-state index >= 15 is 0 Å². The Bertz CT molecular complexity index is 972. The van der Waals surface area contributed by atoms with E-state index < -0.39 is 35.2 Å². The number of aromatic nitrogens is 4. The number of benzene rings is 1. The normalized spacial score (nSPS) is 15.0. The van der Waals surface area contributed by atoms with Gasteiger partial charge in [0, 0.05) is 11.1 Å². The second kappa shape index (κ2) is 7.91. The predicted octanol–water partition coefficient (Wildman–Crippen LogP) is 3.05. The molecule has 2 unspecified atom stereocenters. The van der Waals surface area contributed by atoms with E-state index in [2.05, 4.69) is 20.4 Å². The van der Waals surface area contributed by atoms with Crippen LogP contribution in [0.1, 0.15) is 35.7 Å². The molecule has 0 spiro atoms. The Hall–Kier alpha value is -2.79. The third-order valence-electron chi connectivity index (χ3n) is 4.31. The van der Waals surface area contributed by atoms with E-state index in [9.17, 15) is 23.1 Å². The van der Waals surface area contributed by atoms with Crippen LogP contribution in [0.4, 0.5) is 13.2 Å². The molecule has 7 nitrogen and oxygen atoms in total. The van der Waals surface area contributed by atoms with Crippen molar-refractivity contribution in [1.82, 2.24) is 25.1 Å². The summed E-state index contributed by atoms with van der Waals surface area (Å²) in [6.07, 6.45) is -3.30. The highest BCUT2D eigenvalue weighted by Gasteiger charge is 2.58. The Kier molecular flexibility index (Phi) is 5.71. The van der Waals surface area contributed by atoms with Gasteiger partial charge in [-0.25, -0.2) is 14.6 Å². The van der Waals surface area contributed by atoms with E-state index in [0.717, 1.165) is 5.69 Å². The minimum absolute atomic E-state index is 0.342. The van der Waals surface area contributed by atoms with Gasteiger partial charge < -0.3 is 10.4 Å². The fourth-order valence-electron chi connectivity index (χ4n) is 2.71. The fraction of sp³-hybridized carbons (Fsp3) is 0.333. The minimum atomic E-state index is -5.04. The van der Waals surface area contributed by atoms with E-state index in [0.29, 0.717) is 22.6 Å². The number of aryl methyl sites for hydroxylation is 1. The number of amides is 1. The van der Waals surface area contributed by atoms with E-state index in [1.807, 2.05) is 0 Å². The quantitative estimate of drug-likeness (QED) is 0.633. The number of alkyl halides is 3. The van der Waals surface area contributed by atoms with Crippen molar-refractivity contribution < 1.29 is 23.1 Å². The number of nitrogens with zero attached hydrogens (tertiary/aromatic N) is 4. The van der Waals surface area contributed by atoms with Crippen LogP contribution < -0.4 is 5.32 Å². The number of thiazole rings is 1. The van der Waals surface area contributed by atoms with Crippen molar-refractivity contribution in [3.05, 3.63) is 58.6 Å². The van der Waals surface area contributed by atoms with Crippen LogP contribution in [0.5, 0.6) is 0 Å². The van der Waals surface area contributed by atoms with Crippen molar-refractivity contribution in [1.29, 1.82) is 0 Å². The number of carbonyl (C=O) groups excluding carboxylic acids is 1. The lowest BCUT2D eigenvalue weighted by Crippen LogP contribution is -2.46. The zero-order valence-corrected chi connectivity index (χ0v) is 16.3. The molecule has 0 saturated carbocycles. The third kappa shape index (κ3) is 4.46. The number of aliphatic hydroxyl groups is 1. The topological polar surface area (TPSA) is 92.9 Å². The van der Waals surface area contributed by atoms with Gasteiger partial charge in [0.2, 0.25) is 11.5 Å². The lowest BCUT2D eigenvalue weighted by molar-refractivity contribution is -0.267. The summed E-state index contributed by atoms with van der Waals surface area (Å²) in [4.78, 5) is 19.9. The molecule has 2 atom stereocenters. The van der Waals surface area contributed by atoms with Gasteiger partial charge in [-0.2, -0.15) is 18.3 Å². The second-order valence-corrected chi connectivity index (χ2v) is 7.41. The van der Waals surface area contributed by atoms with Crippen molar-refractivity contribution in [3.63, 3.8) is 0 Å². The molecule has 0 saturated heterocycles. The molecule has 0 aliphatic heterocycles. The lowest BCUT2D eigenvalue weighted by Gasteiger charge is -2.28. The zero-order valence-electron chi connectivity index (χ0n) is 15.5. The largest absolute Gasteiger partial charge is 0.424 e. The van der Waals surface area contributed by atoms with E-state index in [1.54, 1.807) is 35.9 Å². The second-order valence-electron chi connectivity index (χ2n) is 6.55. The molecule has 11 heteroatoms. The molecular formula is C18H18F3N5O2S. The van der Waals surface area contributed by atoms with Crippen LogP contribution in [0.25, 0.3) is 5.69 Å². The van der Waals surface area contributed by atoms with E-state index in [1.165, 1.54) is 25.0 Å². The molecule has 0 aliphatic carbocycles. The molecule has 0 radical (unpaired) electrons. The maximum Gasteiger partial charge on any atom is 0.424 e. The van der Waals surface area contributed by atoms with Crippen LogP contribution in [0.2, 0.25) is 0 Å². The molecular weight excluding hydrogens is 407 g/mol. The molecule has 0 bridgehead atoms. The van der Waals surface area contributed by atoms with Gasteiger partial charge in [0.1, 0.15) is 17.7 Å². The number of halogens is 3. The van der Waals surface area contributed by atoms with Gasteiger partial charge in [-0.1, -0.05) is 12.1 Å². The average molecular weight is 425 g/mol. The van der Waals surface area contributed by atoms with Crippen LogP contribution in [0.3, 0.4) is 0 Å². The molecule has 2 N–H and O–H groups in total. The Balaban J connectivity index is 1.71. The van der Waals surface area contributed by atoms with Crippen LogP contribution in [-0.2, 0) is 10.4 Å². The highest BCUT2D eigenvalue weighted by atomic mass is 32.1. The van der Waals surface area contributed by atoms with Crippen LogP contribution in [0.15, 0.2) is 42.3 Å². The van der Waals surface area contributed by atoms with E-state index in [-0.39, 0.29) is 0 Å². The van der Waals surface area contributed by atoms with Crippen LogP contribution in [0, 0.1) is 6.92 Å². The van der Waals surface area contributed by atoms with Gasteiger partial charge in [0.25, 0.3) is 0 Å². The molecule has 0 aliphatic rings. The molecule has 3 aromatic rings. The summed E-state index contributed by atoms with van der Waals surface area (Å²) in [6.45, 7) is 3.16. The van der Waals surface area contributed by atoms with Gasteiger partial charge in [0.05, 0.1) is 18.2 Å². The maximum atomic E-state index is 13.5. The molecule has 1 amide bonds. The molecule has 2 aromatic heterocycles. The summed E-state index contributed by atoms with van der Waals surface area (Å²) >= 11 is 0.666. The lowest BCUT2D eigenvalue weighted by atomic mass is 9.98. The fourth-order valence-corrected chi connectivity index (χ4v) is 3.62. The molecule has 154 valence electrons. The first-order valence-electron chi connectivity index (χ1n) is 8.56. The van der Waals surface area contributed by atoms with Crippen molar-refractivity contribution in [2.24, 2.45) is 0 Å². The van der Waals surface area contributed by atoms with Gasteiger partial charge in [-0.05, 0) is 31.5 Å². The van der Waals surface area contributed by atoms with Crippen molar-refractivity contribution in [2.45, 2.75) is 38.1 Å². The molecule has 3 rings (SSSR count). The monoisotopic (exact) mass is 425 g/mol. The summed E-state index contributed by atoms with van der Waals surface area (Å²) in [5, 5.41) is 17.6. The summed E-state index contributed by atoms with van der Waals surface area (Å²) in [7, 11) is 0. The third-order valence-corrected chi connectivity index (χ3v) is 5.42. The summed E-state index contributed by atoms with van der Waals surface area (Å²) < 4.78 is 42.1. The smallest absolute Gasteiger partial charge is 0.374 e. The first-order valence-corrected chi connectivity index (χ1v) is 9.44. The number of carbonyl (C=O) groups is 1. The Morgan fingerprint density at radius 1 is 1.31 bits per heavy atom. The van der Waals surface area contributed by atoms with E-state index in [4.69, 9.17) is 0 Å². The number of hydrogen-bond acceptors (Lipinski definition) is 6. The predicted molar refractivity (Wildman–Crippen MR) is 99.3 cm³/mol. The average Bonchev–Trinajstić information content (AvgIpc) is 3.32. The Morgan fingerprint density at radius 2 is 2.00 bits per heavy atom. The van der Waals surface area contributed by atoms with Crippen molar-refractivity contribution in [2.75, 3.05) is 0 Å². The Labute approximate surface area is 168 Å². The highest BCUT2D eigenvalue weighted by Crippen LogP contribution is 2.42. The van der Waals surface area contributed by atoms with Crippen molar-refractivity contribution in [3.8, 4) is 5.69 Å². The van der Waals surface area contributed by atoms with Gasteiger partial charge in [-0.15, -0.1) is 11.3 Å². The first kappa shape index (κ1) is 20.9. The maximum absolute atomic E-state index is 13.5.